The molecular formula is C17H23F. The van der Waals surface area contributed by atoms with Crippen LogP contribution in [0.1, 0.15) is 45.6 Å². The zero-order chi connectivity index (χ0) is 13.4. The zero-order valence-electron chi connectivity index (χ0n) is 11.7. The summed E-state index contributed by atoms with van der Waals surface area (Å²) in [7, 11) is 0. The van der Waals surface area contributed by atoms with Crippen LogP contribution < -0.4 is 0 Å². The molecule has 0 radical (unpaired) electrons. The molecule has 0 N–H and O–H groups in total. The van der Waals surface area contributed by atoms with Gasteiger partial charge < -0.3 is 0 Å². The smallest absolute Gasteiger partial charge is 0.123 e. The van der Waals surface area contributed by atoms with Gasteiger partial charge in [0.2, 0.25) is 0 Å². The Morgan fingerprint density at radius 2 is 1.67 bits per heavy atom. The summed E-state index contributed by atoms with van der Waals surface area (Å²) >= 11 is 0. The predicted octanol–water partition coefficient (Wildman–Crippen LogP) is 5.45. The second-order valence-corrected chi connectivity index (χ2v) is 5.04. The lowest BCUT2D eigenvalue weighted by Crippen LogP contribution is -1.85. The Hall–Kier alpha value is -1.37. The van der Waals surface area contributed by atoms with Crippen molar-refractivity contribution in [3.8, 4) is 0 Å². The molecule has 0 aromatic heterocycles. The van der Waals surface area contributed by atoms with Crippen molar-refractivity contribution in [3.05, 3.63) is 58.9 Å². The minimum Gasteiger partial charge on any atom is -0.207 e. The Morgan fingerprint density at radius 1 is 1.00 bits per heavy atom. The topological polar surface area (TPSA) is 0 Å². The van der Waals surface area contributed by atoms with Crippen molar-refractivity contribution < 1.29 is 4.39 Å². The van der Waals surface area contributed by atoms with Gasteiger partial charge in [-0.1, -0.05) is 35.4 Å². The van der Waals surface area contributed by atoms with E-state index in [1.165, 1.54) is 28.8 Å². The van der Waals surface area contributed by atoms with Crippen LogP contribution >= 0.6 is 0 Å². The van der Waals surface area contributed by atoms with Crippen LogP contribution in [0.3, 0.4) is 0 Å². The average molecular weight is 246 g/mol. The largest absolute Gasteiger partial charge is 0.207 e. The first kappa shape index (κ1) is 14.7. The summed E-state index contributed by atoms with van der Waals surface area (Å²) in [5, 5.41) is 0. The van der Waals surface area contributed by atoms with Crippen LogP contribution in [0.25, 0.3) is 0 Å². The summed E-state index contributed by atoms with van der Waals surface area (Å²) in [6.07, 6.45) is 8.85. The first-order chi connectivity index (χ1) is 8.58. The van der Waals surface area contributed by atoms with E-state index >= 15 is 0 Å². The fourth-order valence-electron chi connectivity index (χ4n) is 1.83. The van der Waals surface area contributed by atoms with E-state index in [2.05, 4.69) is 32.9 Å². The van der Waals surface area contributed by atoms with Crippen LogP contribution in [-0.2, 0) is 6.42 Å². The third kappa shape index (κ3) is 6.39. The van der Waals surface area contributed by atoms with Gasteiger partial charge in [-0.3, -0.25) is 0 Å². The molecule has 0 aliphatic rings. The number of allylic oxidation sites excluding steroid dienone is 4. The Morgan fingerprint density at radius 3 is 2.28 bits per heavy atom. The SMILES string of the molecule is CC(C)=CCC/C(C)=C/CCc1ccc(F)cc1. The average Bonchev–Trinajstić information content (AvgIpc) is 2.31. The molecular weight excluding hydrogens is 223 g/mol. The Kier molecular flexibility index (Phi) is 6.42. The molecule has 0 nitrogen and oxygen atoms in total. The molecule has 1 heteroatoms. The van der Waals surface area contributed by atoms with Gasteiger partial charge in [0.05, 0.1) is 0 Å². The fourth-order valence-corrected chi connectivity index (χ4v) is 1.83. The van der Waals surface area contributed by atoms with Crippen molar-refractivity contribution in [2.24, 2.45) is 0 Å². The van der Waals surface area contributed by atoms with Crippen molar-refractivity contribution in [3.63, 3.8) is 0 Å². The lowest BCUT2D eigenvalue weighted by Gasteiger charge is -2.01. The number of hydrogen-bond acceptors (Lipinski definition) is 0. The maximum Gasteiger partial charge on any atom is 0.123 e. The van der Waals surface area contributed by atoms with Gasteiger partial charge in [0.25, 0.3) is 0 Å². The van der Waals surface area contributed by atoms with Crippen LogP contribution in [0.4, 0.5) is 4.39 Å². The second kappa shape index (κ2) is 7.86. The molecule has 0 aliphatic carbocycles. The number of hydrogen-bond donors (Lipinski definition) is 0. The quantitative estimate of drug-likeness (QED) is 0.585. The van der Waals surface area contributed by atoms with Gasteiger partial charge in [-0.15, -0.1) is 0 Å². The molecule has 0 unspecified atom stereocenters. The zero-order valence-corrected chi connectivity index (χ0v) is 11.7. The molecule has 1 rings (SSSR count). The van der Waals surface area contributed by atoms with Gasteiger partial charge in [0.1, 0.15) is 5.82 Å². The Balaban J connectivity index is 2.31. The summed E-state index contributed by atoms with van der Waals surface area (Å²) in [4.78, 5) is 0. The first-order valence-electron chi connectivity index (χ1n) is 6.61. The minimum atomic E-state index is -0.160. The second-order valence-electron chi connectivity index (χ2n) is 5.04. The summed E-state index contributed by atoms with van der Waals surface area (Å²) in [5.74, 6) is -0.160. The molecule has 0 heterocycles. The fraction of sp³-hybridized carbons (Fsp3) is 0.412. The van der Waals surface area contributed by atoms with E-state index in [4.69, 9.17) is 0 Å². The first-order valence-corrected chi connectivity index (χ1v) is 6.61. The number of benzene rings is 1. The van der Waals surface area contributed by atoms with Crippen molar-refractivity contribution in [1.82, 2.24) is 0 Å². The molecule has 0 atom stereocenters. The van der Waals surface area contributed by atoms with E-state index in [1.54, 1.807) is 0 Å². The van der Waals surface area contributed by atoms with Crippen LogP contribution in [0.5, 0.6) is 0 Å². The molecule has 0 fully saturated rings. The molecule has 0 saturated heterocycles. The molecule has 0 saturated carbocycles. The van der Waals surface area contributed by atoms with Crippen molar-refractivity contribution in [2.75, 3.05) is 0 Å². The number of halogens is 1. The molecule has 0 spiro atoms. The molecule has 1 aromatic carbocycles. The van der Waals surface area contributed by atoms with Gasteiger partial charge in [0.15, 0.2) is 0 Å². The molecule has 1 aromatic rings. The maximum atomic E-state index is 12.7. The predicted molar refractivity (Wildman–Crippen MR) is 77.1 cm³/mol. The monoisotopic (exact) mass is 246 g/mol. The Bertz CT molecular complexity index is 406. The summed E-state index contributed by atoms with van der Waals surface area (Å²) in [6.45, 7) is 6.45. The van der Waals surface area contributed by atoms with Crippen LogP contribution in [0, 0.1) is 5.82 Å². The molecule has 98 valence electrons. The number of aryl methyl sites for hydroxylation is 1. The maximum absolute atomic E-state index is 12.7. The Labute approximate surface area is 110 Å². The van der Waals surface area contributed by atoms with Crippen molar-refractivity contribution >= 4 is 0 Å². The third-order valence-electron chi connectivity index (χ3n) is 2.93. The van der Waals surface area contributed by atoms with E-state index in [-0.39, 0.29) is 5.82 Å². The van der Waals surface area contributed by atoms with Crippen LogP contribution in [0.15, 0.2) is 47.6 Å². The summed E-state index contributed by atoms with van der Waals surface area (Å²) in [6, 6.07) is 6.78. The summed E-state index contributed by atoms with van der Waals surface area (Å²) in [5.41, 5.74) is 4.02. The highest BCUT2D eigenvalue weighted by molar-refractivity contribution is 5.17. The van der Waals surface area contributed by atoms with E-state index in [0.29, 0.717) is 0 Å². The minimum absolute atomic E-state index is 0.160. The standard InChI is InChI=1S/C17H23F/c1-14(2)6-4-7-15(3)8-5-9-16-10-12-17(18)13-11-16/h6,8,10-13H,4-5,7,9H2,1-3H3/b15-8+. The molecule has 0 amide bonds. The number of rotatable bonds is 6. The van der Waals surface area contributed by atoms with Crippen molar-refractivity contribution in [2.45, 2.75) is 46.5 Å². The molecule has 0 bridgehead atoms. The van der Waals surface area contributed by atoms with Gasteiger partial charge >= 0.3 is 0 Å². The highest BCUT2D eigenvalue weighted by atomic mass is 19.1. The van der Waals surface area contributed by atoms with Crippen LogP contribution in [-0.4, -0.2) is 0 Å². The lowest BCUT2D eigenvalue weighted by atomic mass is 10.1. The highest BCUT2D eigenvalue weighted by Gasteiger charge is 1.94. The van der Waals surface area contributed by atoms with Gasteiger partial charge in [-0.05, 0) is 64.2 Å². The van der Waals surface area contributed by atoms with E-state index < -0.39 is 0 Å². The van der Waals surface area contributed by atoms with E-state index in [1.807, 2.05) is 12.1 Å². The highest BCUT2D eigenvalue weighted by Crippen LogP contribution is 2.10. The summed E-state index contributed by atoms with van der Waals surface area (Å²) < 4.78 is 12.7. The van der Waals surface area contributed by atoms with E-state index in [0.717, 1.165) is 25.7 Å². The lowest BCUT2D eigenvalue weighted by molar-refractivity contribution is 0.627. The molecule has 18 heavy (non-hydrogen) atoms. The molecule has 0 aliphatic heterocycles. The van der Waals surface area contributed by atoms with Gasteiger partial charge in [-0.25, -0.2) is 4.39 Å². The van der Waals surface area contributed by atoms with Crippen molar-refractivity contribution in [1.29, 1.82) is 0 Å². The van der Waals surface area contributed by atoms with Crippen LogP contribution in [0.2, 0.25) is 0 Å². The van der Waals surface area contributed by atoms with Gasteiger partial charge in [0, 0.05) is 0 Å². The normalized spacial score (nSPS) is 11.4. The van der Waals surface area contributed by atoms with E-state index in [9.17, 15) is 4.39 Å². The third-order valence-corrected chi connectivity index (χ3v) is 2.93. The van der Waals surface area contributed by atoms with Gasteiger partial charge in [-0.2, -0.15) is 0 Å².